The molecule has 0 bridgehead atoms. The van der Waals surface area contributed by atoms with Gasteiger partial charge in [0.2, 0.25) is 0 Å². The quantitative estimate of drug-likeness (QED) is 0.392. The largest absolute Gasteiger partial charge is 0.489 e. The average molecular weight is 232 g/mol. The Hall–Kier alpha value is -1.87. The molecule has 0 aliphatic heterocycles. The minimum Gasteiger partial charge on any atom is -0.489 e. The molecule has 0 aromatic heterocycles. The Kier molecular flexibility index (Phi) is 5.75. The number of Topliss-reactive ketones (excluding diaryl/α,β-unsaturated/α-hetero) is 1. The Balaban J connectivity index is 2.70. The maximum Gasteiger partial charge on any atom is 0.192 e. The van der Waals surface area contributed by atoms with E-state index in [4.69, 9.17) is 9.47 Å². The molecule has 0 unspecified atom stereocenters. The molecule has 3 nitrogen and oxygen atoms in total. The van der Waals surface area contributed by atoms with Gasteiger partial charge >= 0.3 is 0 Å². The van der Waals surface area contributed by atoms with Crippen molar-refractivity contribution in [2.75, 3.05) is 19.8 Å². The predicted octanol–water partition coefficient (Wildman–Crippen LogP) is 2.64. The summed E-state index contributed by atoms with van der Waals surface area (Å²) in [5.74, 6) is 0.450. The van der Waals surface area contributed by atoms with E-state index >= 15 is 0 Å². The second-order valence-electron chi connectivity index (χ2n) is 3.32. The van der Waals surface area contributed by atoms with E-state index < -0.39 is 0 Å². The van der Waals surface area contributed by atoms with Crippen molar-refractivity contribution in [2.24, 2.45) is 0 Å². The zero-order valence-corrected chi connectivity index (χ0v) is 9.72. The number of para-hydroxylation sites is 1. The van der Waals surface area contributed by atoms with E-state index in [1.807, 2.05) is 6.07 Å². The molecule has 0 heterocycles. The molecule has 0 saturated carbocycles. The number of ether oxygens (including phenoxy) is 2. The van der Waals surface area contributed by atoms with Crippen molar-refractivity contribution in [1.29, 1.82) is 0 Å². The SMILES string of the molecule is C=CCOCC(=O)c1ccccc1OCC=C. The fourth-order valence-electron chi connectivity index (χ4n) is 1.28. The third-order valence-corrected chi connectivity index (χ3v) is 2.01. The summed E-state index contributed by atoms with van der Waals surface area (Å²) in [5.41, 5.74) is 0.526. The van der Waals surface area contributed by atoms with Crippen LogP contribution in [0, 0.1) is 0 Å². The second kappa shape index (κ2) is 7.41. The Labute approximate surface area is 101 Å². The molecule has 0 spiro atoms. The number of benzene rings is 1. The molecule has 0 aliphatic carbocycles. The fraction of sp³-hybridized carbons (Fsp3) is 0.214. The van der Waals surface area contributed by atoms with Crippen LogP contribution in [0.2, 0.25) is 0 Å². The Morgan fingerprint density at radius 1 is 1.18 bits per heavy atom. The average Bonchev–Trinajstić information content (AvgIpc) is 2.37. The minimum atomic E-state index is -0.105. The molecule has 3 heteroatoms. The Morgan fingerprint density at radius 2 is 1.88 bits per heavy atom. The van der Waals surface area contributed by atoms with E-state index in [1.54, 1.807) is 30.4 Å². The smallest absolute Gasteiger partial charge is 0.192 e. The summed E-state index contributed by atoms with van der Waals surface area (Å²) in [6.45, 7) is 7.85. The summed E-state index contributed by atoms with van der Waals surface area (Å²) < 4.78 is 10.5. The number of ketones is 1. The highest BCUT2D eigenvalue weighted by atomic mass is 16.5. The maximum absolute atomic E-state index is 11.8. The van der Waals surface area contributed by atoms with Crippen molar-refractivity contribution in [2.45, 2.75) is 0 Å². The fourth-order valence-corrected chi connectivity index (χ4v) is 1.28. The highest BCUT2D eigenvalue weighted by Crippen LogP contribution is 2.18. The molecular formula is C14H16O3. The van der Waals surface area contributed by atoms with Crippen molar-refractivity contribution < 1.29 is 14.3 Å². The van der Waals surface area contributed by atoms with E-state index in [-0.39, 0.29) is 12.4 Å². The van der Waals surface area contributed by atoms with E-state index in [1.165, 1.54) is 0 Å². The number of hydrogen-bond donors (Lipinski definition) is 0. The number of carbonyl (C=O) groups is 1. The van der Waals surface area contributed by atoms with Crippen LogP contribution in [0.4, 0.5) is 0 Å². The second-order valence-corrected chi connectivity index (χ2v) is 3.32. The normalized spacial score (nSPS) is 9.65. The summed E-state index contributed by atoms with van der Waals surface area (Å²) >= 11 is 0. The molecular weight excluding hydrogens is 216 g/mol. The standard InChI is InChI=1S/C14H16O3/c1-3-9-16-11-13(15)12-7-5-6-8-14(12)17-10-4-2/h3-8H,1-2,9-11H2. The van der Waals surface area contributed by atoms with Crippen LogP contribution in [-0.2, 0) is 4.74 Å². The number of rotatable bonds is 8. The van der Waals surface area contributed by atoms with Crippen LogP contribution in [0.15, 0.2) is 49.6 Å². The van der Waals surface area contributed by atoms with Gasteiger partial charge in [-0.2, -0.15) is 0 Å². The topological polar surface area (TPSA) is 35.5 Å². The molecule has 0 N–H and O–H groups in total. The zero-order chi connectivity index (χ0) is 12.5. The van der Waals surface area contributed by atoms with Gasteiger partial charge in [-0.15, -0.1) is 6.58 Å². The molecule has 0 amide bonds. The summed E-state index contributed by atoms with van der Waals surface area (Å²) in [6, 6.07) is 7.09. The van der Waals surface area contributed by atoms with Crippen LogP contribution in [0.5, 0.6) is 5.75 Å². The summed E-state index contributed by atoms with van der Waals surface area (Å²) in [6.07, 6.45) is 3.24. The molecule has 1 aromatic rings. The van der Waals surface area contributed by atoms with Crippen molar-refractivity contribution in [3.05, 3.63) is 55.1 Å². The van der Waals surface area contributed by atoms with E-state index in [2.05, 4.69) is 13.2 Å². The molecule has 0 fully saturated rings. The van der Waals surface area contributed by atoms with Crippen LogP contribution in [0.3, 0.4) is 0 Å². The monoisotopic (exact) mass is 232 g/mol. The Morgan fingerprint density at radius 3 is 2.59 bits per heavy atom. The summed E-state index contributed by atoms with van der Waals surface area (Å²) in [5, 5.41) is 0. The van der Waals surface area contributed by atoms with Crippen molar-refractivity contribution in [3.63, 3.8) is 0 Å². The van der Waals surface area contributed by atoms with E-state index in [0.29, 0.717) is 24.5 Å². The third-order valence-electron chi connectivity index (χ3n) is 2.01. The maximum atomic E-state index is 11.8. The molecule has 1 aromatic carbocycles. The molecule has 0 radical (unpaired) electrons. The van der Waals surface area contributed by atoms with Gasteiger partial charge in [-0.3, -0.25) is 4.79 Å². The van der Waals surface area contributed by atoms with Crippen LogP contribution in [0.25, 0.3) is 0 Å². The van der Waals surface area contributed by atoms with Gasteiger partial charge in [0.05, 0.1) is 12.2 Å². The van der Waals surface area contributed by atoms with Gasteiger partial charge in [-0.1, -0.05) is 30.9 Å². The van der Waals surface area contributed by atoms with Gasteiger partial charge in [-0.05, 0) is 12.1 Å². The van der Waals surface area contributed by atoms with Crippen molar-refractivity contribution in [1.82, 2.24) is 0 Å². The lowest BCUT2D eigenvalue weighted by atomic mass is 10.1. The number of carbonyl (C=O) groups excluding carboxylic acids is 1. The lowest BCUT2D eigenvalue weighted by Crippen LogP contribution is -2.11. The predicted molar refractivity (Wildman–Crippen MR) is 67.5 cm³/mol. The van der Waals surface area contributed by atoms with Crippen molar-refractivity contribution in [3.8, 4) is 5.75 Å². The molecule has 1 rings (SSSR count). The van der Waals surface area contributed by atoms with Crippen molar-refractivity contribution >= 4 is 5.78 Å². The van der Waals surface area contributed by atoms with Gasteiger partial charge in [0.15, 0.2) is 5.78 Å². The molecule has 0 saturated heterocycles. The zero-order valence-electron chi connectivity index (χ0n) is 9.72. The van der Waals surface area contributed by atoms with Gasteiger partial charge in [-0.25, -0.2) is 0 Å². The van der Waals surface area contributed by atoms with Gasteiger partial charge in [0, 0.05) is 0 Å². The first-order valence-corrected chi connectivity index (χ1v) is 5.34. The van der Waals surface area contributed by atoms with Gasteiger partial charge < -0.3 is 9.47 Å². The van der Waals surface area contributed by atoms with Crippen LogP contribution < -0.4 is 4.74 Å². The lowest BCUT2D eigenvalue weighted by Gasteiger charge is -2.08. The molecule has 0 aliphatic rings. The van der Waals surface area contributed by atoms with Gasteiger partial charge in [0.1, 0.15) is 19.0 Å². The number of hydrogen-bond acceptors (Lipinski definition) is 3. The van der Waals surface area contributed by atoms with E-state index in [0.717, 1.165) is 0 Å². The van der Waals surface area contributed by atoms with Gasteiger partial charge in [0.25, 0.3) is 0 Å². The van der Waals surface area contributed by atoms with Crippen LogP contribution >= 0.6 is 0 Å². The molecule has 17 heavy (non-hydrogen) atoms. The summed E-state index contributed by atoms with van der Waals surface area (Å²) in [4.78, 5) is 11.8. The first-order valence-electron chi connectivity index (χ1n) is 5.34. The third kappa shape index (κ3) is 4.25. The Bertz CT molecular complexity index is 396. The molecule has 0 atom stereocenters. The first kappa shape index (κ1) is 13.2. The minimum absolute atomic E-state index is 0.0283. The molecule has 90 valence electrons. The lowest BCUT2D eigenvalue weighted by molar-refractivity contribution is 0.0803. The highest BCUT2D eigenvalue weighted by molar-refractivity contribution is 5.99. The first-order chi connectivity index (χ1) is 8.29. The highest BCUT2D eigenvalue weighted by Gasteiger charge is 2.11. The van der Waals surface area contributed by atoms with E-state index in [9.17, 15) is 4.79 Å². The van der Waals surface area contributed by atoms with Crippen LogP contribution in [-0.4, -0.2) is 25.6 Å². The summed E-state index contributed by atoms with van der Waals surface area (Å²) in [7, 11) is 0. The van der Waals surface area contributed by atoms with Crippen LogP contribution in [0.1, 0.15) is 10.4 Å².